The summed E-state index contributed by atoms with van der Waals surface area (Å²) in [6.07, 6.45) is 3.79. The molecule has 22 heavy (non-hydrogen) atoms. The summed E-state index contributed by atoms with van der Waals surface area (Å²) in [4.78, 5) is 0. The molecular formula is C20H23FO. The molecule has 116 valence electrons. The fourth-order valence-corrected chi connectivity index (χ4v) is 3.43. The van der Waals surface area contributed by atoms with Crippen molar-refractivity contribution in [1.82, 2.24) is 0 Å². The van der Waals surface area contributed by atoms with E-state index in [1.165, 1.54) is 11.1 Å². The van der Waals surface area contributed by atoms with E-state index in [0.29, 0.717) is 11.5 Å². The van der Waals surface area contributed by atoms with E-state index in [-0.39, 0.29) is 11.9 Å². The van der Waals surface area contributed by atoms with Crippen molar-refractivity contribution in [3.8, 4) is 11.1 Å². The monoisotopic (exact) mass is 298 g/mol. The number of aryl methyl sites for hydroxylation is 2. The summed E-state index contributed by atoms with van der Waals surface area (Å²) in [5.74, 6) is 0.396. The maximum absolute atomic E-state index is 13.8. The second kappa shape index (κ2) is 6.21. The molecule has 2 heteroatoms. The average Bonchev–Trinajstić information content (AvgIpc) is 2.51. The van der Waals surface area contributed by atoms with E-state index in [1.807, 2.05) is 12.1 Å². The number of aliphatic hydroxyl groups excluding tert-OH is 1. The molecular weight excluding hydrogens is 275 g/mol. The Labute approximate surface area is 131 Å². The van der Waals surface area contributed by atoms with Gasteiger partial charge in [-0.3, -0.25) is 0 Å². The predicted octanol–water partition coefficient (Wildman–Crippen LogP) is 5.13. The van der Waals surface area contributed by atoms with Crippen LogP contribution in [-0.2, 0) is 0 Å². The van der Waals surface area contributed by atoms with Gasteiger partial charge in [-0.2, -0.15) is 0 Å². The van der Waals surface area contributed by atoms with Crippen LogP contribution in [0, 0.1) is 19.7 Å². The lowest BCUT2D eigenvalue weighted by molar-refractivity contribution is 0.122. The molecule has 3 rings (SSSR count). The molecule has 0 radical (unpaired) electrons. The lowest BCUT2D eigenvalue weighted by atomic mass is 9.81. The summed E-state index contributed by atoms with van der Waals surface area (Å²) >= 11 is 0. The maximum atomic E-state index is 13.8. The molecule has 1 nitrogen and oxygen atoms in total. The Morgan fingerprint density at radius 3 is 2.27 bits per heavy atom. The van der Waals surface area contributed by atoms with Crippen LogP contribution < -0.4 is 0 Å². The lowest BCUT2D eigenvalue weighted by Gasteiger charge is -2.26. The molecule has 0 heterocycles. The van der Waals surface area contributed by atoms with Crippen molar-refractivity contribution in [2.75, 3.05) is 0 Å². The third-order valence-corrected chi connectivity index (χ3v) is 4.90. The summed E-state index contributed by atoms with van der Waals surface area (Å²) in [5, 5.41) is 9.63. The van der Waals surface area contributed by atoms with Crippen molar-refractivity contribution in [2.24, 2.45) is 0 Å². The van der Waals surface area contributed by atoms with Crippen LogP contribution in [0.5, 0.6) is 0 Å². The van der Waals surface area contributed by atoms with E-state index >= 15 is 0 Å². The number of benzene rings is 2. The van der Waals surface area contributed by atoms with Gasteiger partial charge in [0.25, 0.3) is 0 Å². The van der Waals surface area contributed by atoms with E-state index in [9.17, 15) is 9.50 Å². The molecule has 0 unspecified atom stereocenters. The van der Waals surface area contributed by atoms with E-state index in [0.717, 1.165) is 36.8 Å². The lowest BCUT2D eigenvalue weighted by Crippen LogP contribution is -2.17. The first-order chi connectivity index (χ1) is 10.5. The van der Waals surface area contributed by atoms with Crippen LogP contribution in [0.2, 0.25) is 0 Å². The fraction of sp³-hybridized carbons (Fsp3) is 0.400. The Bertz CT molecular complexity index is 669. The summed E-state index contributed by atoms with van der Waals surface area (Å²) in [7, 11) is 0. The van der Waals surface area contributed by atoms with Crippen LogP contribution in [-0.4, -0.2) is 11.2 Å². The van der Waals surface area contributed by atoms with Gasteiger partial charge in [0, 0.05) is 0 Å². The van der Waals surface area contributed by atoms with Crippen LogP contribution >= 0.6 is 0 Å². The van der Waals surface area contributed by atoms with Crippen molar-refractivity contribution < 1.29 is 9.50 Å². The van der Waals surface area contributed by atoms with Gasteiger partial charge in [-0.25, -0.2) is 4.39 Å². The second-order valence-corrected chi connectivity index (χ2v) is 6.54. The quantitative estimate of drug-likeness (QED) is 0.815. The van der Waals surface area contributed by atoms with E-state index in [1.54, 1.807) is 13.0 Å². The standard InChI is InChI=1S/C20H23FO/c1-13-3-4-17(12-20(13)21)19-10-7-16(11-14(19)2)15-5-8-18(22)9-6-15/h3-4,7,10-12,15,18,22H,5-6,8-9H2,1-2H3. The van der Waals surface area contributed by atoms with E-state index in [4.69, 9.17) is 0 Å². The first kappa shape index (κ1) is 15.2. The van der Waals surface area contributed by atoms with Crippen LogP contribution in [0.1, 0.15) is 48.3 Å². The molecule has 1 N–H and O–H groups in total. The maximum Gasteiger partial charge on any atom is 0.126 e. The first-order valence-electron chi connectivity index (χ1n) is 8.09. The summed E-state index contributed by atoms with van der Waals surface area (Å²) in [5.41, 5.74) is 5.25. The minimum atomic E-state index is -0.151. The van der Waals surface area contributed by atoms with Gasteiger partial charge in [0.05, 0.1) is 6.10 Å². The third kappa shape index (κ3) is 3.07. The normalized spacial score (nSPS) is 21.8. The Kier molecular flexibility index (Phi) is 4.30. The highest BCUT2D eigenvalue weighted by atomic mass is 19.1. The van der Waals surface area contributed by atoms with Gasteiger partial charge in [-0.15, -0.1) is 0 Å². The number of halogens is 1. The molecule has 2 aromatic carbocycles. The first-order valence-corrected chi connectivity index (χ1v) is 8.09. The second-order valence-electron chi connectivity index (χ2n) is 6.54. The molecule has 1 fully saturated rings. The molecule has 0 saturated heterocycles. The molecule has 0 aromatic heterocycles. The zero-order chi connectivity index (χ0) is 15.7. The van der Waals surface area contributed by atoms with Gasteiger partial charge in [0.1, 0.15) is 5.82 Å². The smallest absolute Gasteiger partial charge is 0.126 e. The SMILES string of the molecule is Cc1ccc(-c2ccc(C3CCC(O)CC3)cc2C)cc1F. The van der Waals surface area contributed by atoms with Crippen molar-refractivity contribution in [2.45, 2.75) is 51.6 Å². The molecule has 1 aliphatic carbocycles. The molecule has 0 amide bonds. The highest BCUT2D eigenvalue weighted by Gasteiger charge is 2.21. The number of hydrogen-bond donors (Lipinski definition) is 1. The Hall–Kier alpha value is -1.67. The highest BCUT2D eigenvalue weighted by Crippen LogP contribution is 2.35. The van der Waals surface area contributed by atoms with E-state index in [2.05, 4.69) is 25.1 Å². The Balaban J connectivity index is 1.87. The van der Waals surface area contributed by atoms with Crippen LogP contribution in [0.25, 0.3) is 11.1 Å². The van der Waals surface area contributed by atoms with Crippen LogP contribution in [0.4, 0.5) is 4.39 Å². The molecule has 0 aliphatic heterocycles. The fourth-order valence-electron chi connectivity index (χ4n) is 3.43. The highest BCUT2D eigenvalue weighted by molar-refractivity contribution is 5.68. The zero-order valence-corrected chi connectivity index (χ0v) is 13.3. The minimum absolute atomic E-state index is 0.118. The molecule has 1 saturated carbocycles. The van der Waals surface area contributed by atoms with Crippen LogP contribution in [0.15, 0.2) is 36.4 Å². The molecule has 2 aromatic rings. The summed E-state index contributed by atoms with van der Waals surface area (Å²) in [6, 6.07) is 11.9. The summed E-state index contributed by atoms with van der Waals surface area (Å²) < 4.78 is 13.8. The third-order valence-electron chi connectivity index (χ3n) is 4.90. The van der Waals surface area contributed by atoms with Gasteiger partial charge >= 0.3 is 0 Å². The molecule has 0 spiro atoms. The van der Waals surface area contributed by atoms with Crippen molar-refractivity contribution in [3.63, 3.8) is 0 Å². The minimum Gasteiger partial charge on any atom is -0.393 e. The average molecular weight is 298 g/mol. The van der Waals surface area contributed by atoms with E-state index < -0.39 is 0 Å². The van der Waals surface area contributed by atoms with Crippen molar-refractivity contribution in [1.29, 1.82) is 0 Å². The molecule has 0 bridgehead atoms. The topological polar surface area (TPSA) is 20.2 Å². The zero-order valence-electron chi connectivity index (χ0n) is 13.3. The van der Waals surface area contributed by atoms with Gasteiger partial charge in [0.15, 0.2) is 0 Å². The van der Waals surface area contributed by atoms with Gasteiger partial charge in [-0.05, 0) is 79.3 Å². The largest absolute Gasteiger partial charge is 0.393 e. The van der Waals surface area contributed by atoms with Gasteiger partial charge < -0.3 is 5.11 Å². The molecule has 1 aliphatic rings. The number of aliphatic hydroxyl groups is 1. The number of rotatable bonds is 2. The predicted molar refractivity (Wildman–Crippen MR) is 88.5 cm³/mol. The van der Waals surface area contributed by atoms with Crippen molar-refractivity contribution in [3.05, 3.63) is 58.9 Å². The Morgan fingerprint density at radius 2 is 1.64 bits per heavy atom. The number of hydrogen-bond acceptors (Lipinski definition) is 1. The summed E-state index contributed by atoms with van der Waals surface area (Å²) in [6.45, 7) is 3.88. The Morgan fingerprint density at radius 1 is 0.909 bits per heavy atom. The van der Waals surface area contributed by atoms with Gasteiger partial charge in [-0.1, -0.05) is 30.3 Å². The van der Waals surface area contributed by atoms with Crippen LogP contribution in [0.3, 0.4) is 0 Å². The van der Waals surface area contributed by atoms with Crippen molar-refractivity contribution >= 4 is 0 Å². The molecule has 0 atom stereocenters. The van der Waals surface area contributed by atoms with Gasteiger partial charge in [0.2, 0.25) is 0 Å².